The molecule has 0 unspecified atom stereocenters. The normalized spacial score (nSPS) is 10.8. The van der Waals surface area contributed by atoms with Gasteiger partial charge in [-0.25, -0.2) is 4.98 Å². The number of nitrogens with zero attached hydrogens (tertiary/aromatic N) is 1. The summed E-state index contributed by atoms with van der Waals surface area (Å²) in [5.41, 5.74) is 2.73. The highest BCUT2D eigenvalue weighted by molar-refractivity contribution is 7.15. The van der Waals surface area contributed by atoms with Gasteiger partial charge in [0, 0.05) is 10.4 Å². The minimum Gasteiger partial charge on any atom is -0.298 e. The van der Waals surface area contributed by atoms with Crippen LogP contribution in [-0.4, -0.2) is 10.9 Å². The van der Waals surface area contributed by atoms with E-state index in [1.165, 1.54) is 11.3 Å². The molecule has 100 valence electrons. The zero-order valence-electron chi connectivity index (χ0n) is 11.7. The Hall–Kier alpha value is -1.68. The third-order valence-electron chi connectivity index (χ3n) is 2.99. The first-order chi connectivity index (χ1) is 8.99. The highest BCUT2D eigenvalue weighted by Gasteiger charge is 2.14. The highest BCUT2D eigenvalue weighted by Crippen LogP contribution is 2.27. The molecule has 1 heterocycles. The van der Waals surface area contributed by atoms with Gasteiger partial charge in [-0.1, -0.05) is 32.0 Å². The molecule has 19 heavy (non-hydrogen) atoms. The molecule has 3 nitrogen and oxygen atoms in total. The lowest BCUT2D eigenvalue weighted by Gasteiger charge is -2.04. The van der Waals surface area contributed by atoms with Crippen molar-refractivity contribution in [1.82, 2.24) is 4.98 Å². The zero-order chi connectivity index (χ0) is 14.0. The molecule has 0 aliphatic heterocycles. The van der Waals surface area contributed by atoms with E-state index in [2.05, 4.69) is 24.1 Å². The maximum atomic E-state index is 12.2. The lowest BCUT2D eigenvalue weighted by atomic mass is 10.1. The van der Waals surface area contributed by atoms with Crippen LogP contribution < -0.4 is 5.32 Å². The summed E-state index contributed by atoms with van der Waals surface area (Å²) in [6, 6.07) is 7.56. The van der Waals surface area contributed by atoms with Crippen molar-refractivity contribution in [1.29, 1.82) is 0 Å². The molecule has 0 saturated carbocycles. The molecule has 0 bridgehead atoms. The summed E-state index contributed by atoms with van der Waals surface area (Å²) >= 11 is 1.53. The van der Waals surface area contributed by atoms with Gasteiger partial charge in [0.2, 0.25) is 0 Å². The van der Waals surface area contributed by atoms with Gasteiger partial charge in [0.1, 0.15) is 0 Å². The summed E-state index contributed by atoms with van der Waals surface area (Å²) in [4.78, 5) is 17.8. The summed E-state index contributed by atoms with van der Waals surface area (Å²) in [6.45, 7) is 8.18. The lowest BCUT2D eigenvalue weighted by Crippen LogP contribution is -2.13. The van der Waals surface area contributed by atoms with Gasteiger partial charge in [-0.05, 0) is 31.4 Å². The van der Waals surface area contributed by atoms with Crippen LogP contribution in [0, 0.1) is 13.8 Å². The highest BCUT2D eigenvalue weighted by atomic mass is 32.1. The second-order valence-electron chi connectivity index (χ2n) is 4.88. The van der Waals surface area contributed by atoms with Crippen LogP contribution in [0.4, 0.5) is 5.13 Å². The fraction of sp³-hybridized carbons (Fsp3) is 0.333. The number of aryl methyl sites for hydroxylation is 2. The van der Waals surface area contributed by atoms with Crippen molar-refractivity contribution in [3.63, 3.8) is 0 Å². The monoisotopic (exact) mass is 274 g/mol. The number of anilines is 1. The average Bonchev–Trinajstić information content (AvgIpc) is 2.70. The van der Waals surface area contributed by atoms with Crippen LogP contribution in [-0.2, 0) is 0 Å². The molecule has 1 N–H and O–H groups in total. The number of amides is 1. The molecule has 0 spiro atoms. The predicted molar refractivity (Wildman–Crippen MR) is 80.1 cm³/mol. The lowest BCUT2D eigenvalue weighted by molar-refractivity contribution is 0.102. The number of aromatic nitrogens is 1. The molecule has 2 aromatic rings. The standard InChI is InChI=1S/C15H18N2OS/c1-9(2)13-11(4)19-15(16-13)17-14(18)12-8-6-5-7-10(12)3/h5-9H,1-4H3,(H,16,17,18). The Morgan fingerprint density at radius 1 is 1.26 bits per heavy atom. The summed E-state index contributed by atoms with van der Waals surface area (Å²) in [7, 11) is 0. The SMILES string of the molecule is Cc1ccccc1C(=O)Nc1nc(C(C)C)c(C)s1. The molecule has 0 radical (unpaired) electrons. The second-order valence-corrected chi connectivity index (χ2v) is 6.09. The van der Waals surface area contributed by atoms with Crippen LogP contribution in [0.25, 0.3) is 0 Å². The number of carbonyl (C=O) groups excluding carboxylic acids is 1. The Morgan fingerprint density at radius 3 is 2.53 bits per heavy atom. The first kappa shape index (κ1) is 13.7. The van der Waals surface area contributed by atoms with E-state index in [1.54, 1.807) is 0 Å². The number of thiazole rings is 1. The van der Waals surface area contributed by atoms with Gasteiger partial charge in [-0.2, -0.15) is 0 Å². The zero-order valence-corrected chi connectivity index (χ0v) is 12.5. The van der Waals surface area contributed by atoms with E-state index >= 15 is 0 Å². The number of hydrogen-bond acceptors (Lipinski definition) is 3. The smallest absolute Gasteiger partial charge is 0.257 e. The van der Waals surface area contributed by atoms with Crippen molar-refractivity contribution >= 4 is 22.4 Å². The van der Waals surface area contributed by atoms with E-state index in [-0.39, 0.29) is 5.91 Å². The third-order valence-corrected chi connectivity index (χ3v) is 3.89. The predicted octanol–water partition coefficient (Wildman–Crippen LogP) is 4.14. The van der Waals surface area contributed by atoms with Crippen molar-refractivity contribution < 1.29 is 4.79 Å². The number of carbonyl (C=O) groups is 1. The van der Waals surface area contributed by atoms with Crippen LogP contribution in [0.3, 0.4) is 0 Å². The molecule has 2 rings (SSSR count). The van der Waals surface area contributed by atoms with Crippen molar-refractivity contribution in [3.8, 4) is 0 Å². The molecular weight excluding hydrogens is 256 g/mol. The van der Waals surface area contributed by atoms with E-state index < -0.39 is 0 Å². The number of hydrogen-bond donors (Lipinski definition) is 1. The molecule has 4 heteroatoms. The van der Waals surface area contributed by atoms with Crippen LogP contribution in [0.2, 0.25) is 0 Å². The second kappa shape index (κ2) is 5.53. The van der Waals surface area contributed by atoms with Gasteiger partial charge in [0.25, 0.3) is 5.91 Å². The first-order valence-electron chi connectivity index (χ1n) is 6.33. The van der Waals surface area contributed by atoms with Crippen molar-refractivity contribution in [2.45, 2.75) is 33.6 Å². The first-order valence-corrected chi connectivity index (χ1v) is 7.15. The van der Waals surface area contributed by atoms with Gasteiger partial charge in [-0.3, -0.25) is 10.1 Å². The van der Waals surface area contributed by atoms with Crippen LogP contribution in [0.5, 0.6) is 0 Å². The number of rotatable bonds is 3. The van der Waals surface area contributed by atoms with Crippen LogP contribution >= 0.6 is 11.3 Å². The molecule has 1 aromatic carbocycles. The quantitative estimate of drug-likeness (QED) is 0.914. The number of benzene rings is 1. The largest absolute Gasteiger partial charge is 0.298 e. The van der Waals surface area contributed by atoms with Crippen molar-refractivity contribution in [2.75, 3.05) is 5.32 Å². The minimum atomic E-state index is -0.0952. The summed E-state index contributed by atoms with van der Waals surface area (Å²) < 4.78 is 0. The maximum Gasteiger partial charge on any atom is 0.257 e. The molecular formula is C15H18N2OS. The molecule has 0 saturated heterocycles. The fourth-order valence-electron chi connectivity index (χ4n) is 1.99. The Labute approximate surface area is 117 Å². The van der Waals surface area contributed by atoms with E-state index in [4.69, 9.17) is 0 Å². The van der Waals surface area contributed by atoms with E-state index in [0.717, 1.165) is 16.1 Å². The van der Waals surface area contributed by atoms with Gasteiger partial charge >= 0.3 is 0 Å². The minimum absolute atomic E-state index is 0.0952. The molecule has 0 fully saturated rings. The topological polar surface area (TPSA) is 42.0 Å². The Balaban J connectivity index is 2.20. The summed E-state index contributed by atoms with van der Waals surface area (Å²) in [5.74, 6) is 0.280. The maximum absolute atomic E-state index is 12.2. The van der Waals surface area contributed by atoms with E-state index in [0.29, 0.717) is 16.6 Å². The van der Waals surface area contributed by atoms with Gasteiger partial charge < -0.3 is 0 Å². The van der Waals surface area contributed by atoms with Crippen LogP contribution in [0.1, 0.15) is 46.3 Å². The third kappa shape index (κ3) is 3.01. The molecule has 1 aromatic heterocycles. The molecule has 0 atom stereocenters. The van der Waals surface area contributed by atoms with Crippen molar-refractivity contribution in [2.24, 2.45) is 0 Å². The van der Waals surface area contributed by atoms with Crippen molar-refractivity contribution in [3.05, 3.63) is 46.0 Å². The average molecular weight is 274 g/mol. The molecule has 1 amide bonds. The van der Waals surface area contributed by atoms with Gasteiger partial charge in [0.15, 0.2) is 5.13 Å². The Morgan fingerprint density at radius 2 is 1.95 bits per heavy atom. The Bertz CT molecular complexity index is 602. The van der Waals surface area contributed by atoms with E-state index in [9.17, 15) is 4.79 Å². The van der Waals surface area contributed by atoms with E-state index in [1.807, 2.05) is 38.1 Å². The Kier molecular flexibility index (Phi) is 4.00. The summed E-state index contributed by atoms with van der Waals surface area (Å²) in [5, 5.41) is 3.56. The van der Waals surface area contributed by atoms with Gasteiger partial charge in [-0.15, -0.1) is 11.3 Å². The van der Waals surface area contributed by atoms with Gasteiger partial charge in [0.05, 0.1) is 5.69 Å². The molecule has 0 aliphatic carbocycles. The van der Waals surface area contributed by atoms with Crippen LogP contribution in [0.15, 0.2) is 24.3 Å². The number of nitrogens with one attached hydrogen (secondary N) is 1. The fourth-order valence-corrected chi connectivity index (χ4v) is 2.95. The molecule has 0 aliphatic rings. The summed E-state index contributed by atoms with van der Waals surface area (Å²) in [6.07, 6.45) is 0.